The number of carbonyl (C=O) groups is 1. The number of hydrogen-bond donors (Lipinski definition) is 0. The molecule has 0 bridgehead atoms. The summed E-state index contributed by atoms with van der Waals surface area (Å²) in [5.74, 6) is 0.232. The smallest absolute Gasteiger partial charge is 0.410 e. The fourth-order valence-electron chi connectivity index (χ4n) is 3.52. The molecule has 1 amide bonds. The number of amides is 1. The van der Waals surface area contributed by atoms with E-state index in [1.54, 1.807) is 4.90 Å². The molecule has 4 atom stereocenters. The van der Waals surface area contributed by atoms with Gasteiger partial charge in [-0.25, -0.2) is 4.79 Å². The molecule has 0 unspecified atom stereocenters. The Balaban J connectivity index is 1.73. The Kier molecular flexibility index (Phi) is 5.18. The van der Waals surface area contributed by atoms with E-state index in [0.717, 1.165) is 12.0 Å². The lowest BCUT2D eigenvalue weighted by Gasteiger charge is -2.43. The van der Waals surface area contributed by atoms with Crippen molar-refractivity contribution in [3.05, 3.63) is 35.9 Å². The van der Waals surface area contributed by atoms with Crippen LogP contribution in [0, 0.1) is 5.92 Å². The SMILES string of the molecule is CC[C@H]1OC[C@@H](N2CCOC2=O)[C@@H](OCc2ccccc2)[C@H]1C. The Bertz CT molecular complexity index is 521. The number of rotatable bonds is 5. The molecule has 5 heteroatoms. The van der Waals surface area contributed by atoms with Crippen molar-refractivity contribution < 1.29 is 19.0 Å². The summed E-state index contributed by atoms with van der Waals surface area (Å²) in [5.41, 5.74) is 1.14. The standard InChI is InChI=1S/C18H25NO4/c1-3-16-13(2)17(23-11-14-7-5-4-6-8-14)15(12-22-16)19-9-10-21-18(19)20/h4-8,13,15-17H,3,9-12H2,1-2H3/t13-,15+,16+,17-/m0/s1. The van der Waals surface area contributed by atoms with Crippen molar-refractivity contribution in [2.24, 2.45) is 5.92 Å². The number of hydrogen-bond acceptors (Lipinski definition) is 4. The zero-order chi connectivity index (χ0) is 16.2. The van der Waals surface area contributed by atoms with Crippen LogP contribution in [0.4, 0.5) is 4.79 Å². The second-order valence-electron chi connectivity index (χ2n) is 6.28. The number of ether oxygens (including phenoxy) is 3. The molecule has 23 heavy (non-hydrogen) atoms. The third kappa shape index (κ3) is 3.51. The van der Waals surface area contributed by atoms with E-state index in [1.807, 2.05) is 18.2 Å². The molecule has 2 heterocycles. The molecule has 1 aromatic carbocycles. The Labute approximate surface area is 137 Å². The van der Waals surface area contributed by atoms with Crippen molar-refractivity contribution in [3.63, 3.8) is 0 Å². The van der Waals surface area contributed by atoms with Gasteiger partial charge in [-0.2, -0.15) is 0 Å². The minimum Gasteiger partial charge on any atom is -0.448 e. The Morgan fingerprint density at radius 2 is 2.09 bits per heavy atom. The average Bonchev–Trinajstić information content (AvgIpc) is 3.00. The third-order valence-electron chi connectivity index (χ3n) is 4.85. The molecule has 126 valence electrons. The molecular formula is C18H25NO4. The van der Waals surface area contributed by atoms with E-state index < -0.39 is 0 Å². The van der Waals surface area contributed by atoms with E-state index in [0.29, 0.717) is 26.4 Å². The number of nitrogens with zero attached hydrogens (tertiary/aromatic N) is 1. The second-order valence-corrected chi connectivity index (χ2v) is 6.28. The molecule has 2 aliphatic heterocycles. The highest BCUT2D eigenvalue weighted by Crippen LogP contribution is 2.30. The maximum absolute atomic E-state index is 11.9. The first-order chi connectivity index (χ1) is 11.2. The van der Waals surface area contributed by atoms with Gasteiger partial charge in [0.25, 0.3) is 0 Å². The van der Waals surface area contributed by atoms with Crippen molar-refractivity contribution in [2.75, 3.05) is 19.8 Å². The minimum absolute atomic E-state index is 0.0421. The third-order valence-corrected chi connectivity index (χ3v) is 4.85. The lowest BCUT2D eigenvalue weighted by Crippen LogP contribution is -2.57. The fraction of sp³-hybridized carbons (Fsp3) is 0.611. The molecule has 3 rings (SSSR count). The topological polar surface area (TPSA) is 48.0 Å². The van der Waals surface area contributed by atoms with Crippen molar-refractivity contribution in [2.45, 2.75) is 45.1 Å². The summed E-state index contributed by atoms with van der Waals surface area (Å²) in [5, 5.41) is 0. The Morgan fingerprint density at radius 1 is 1.30 bits per heavy atom. The summed E-state index contributed by atoms with van der Waals surface area (Å²) < 4.78 is 17.3. The van der Waals surface area contributed by atoms with Crippen LogP contribution in [0.25, 0.3) is 0 Å². The van der Waals surface area contributed by atoms with Gasteiger partial charge in [-0.05, 0) is 12.0 Å². The molecule has 2 fully saturated rings. The molecule has 2 saturated heterocycles. The number of benzene rings is 1. The zero-order valence-corrected chi connectivity index (χ0v) is 13.8. The molecule has 0 saturated carbocycles. The zero-order valence-electron chi connectivity index (χ0n) is 13.8. The van der Waals surface area contributed by atoms with Crippen LogP contribution in [-0.4, -0.2) is 49.0 Å². The molecular weight excluding hydrogens is 294 g/mol. The quantitative estimate of drug-likeness (QED) is 0.837. The van der Waals surface area contributed by atoms with Crippen LogP contribution in [-0.2, 0) is 20.8 Å². The summed E-state index contributed by atoms with van der Waals surface area (Å²) in [4.78, 5) is 13.7. The van der Waals surface area contributed by atoms with Crippen LogP contribution >= 0.6 is 0 Å². The van der Waals surface area contributed by atoms with E-state index >= 15 is 0 Å². The molecule has 0 N–H and O–H groups in total. The summed E-state index contributed by atoms with van der Waals surface area (Å²) >= 11 is 0. The summed E-state index contributed by atoms with van der Waals surface area (Å²) in [6.07, 6.45) is 0.822. The largest absolute Gasteiger partial charge is 0.448 e. The highest BCUT2D eigenvalue weighted by molar-refractivity contribution is 5.69. The van der Waals surface area contributed by atoms with Gasteiger partial charge in [0.15, 0.2) is 0 Å². The average molecular weight is 319 g/mol. The van der Waals surface area contributed by atoms with Crippen LogP contribution in [0.5, 0.6) is 0 Å². The predicted octanol–water partition coefficient (Wildman–Crippen LogP) is 2.84. The monoisotopic (exact) mass is 319 g/mol. The molecule has 2 aliphatic rings. The van der Waals surface area contributed by atoms with Crippen LogP contribution in [0.15, 0.2) is 30.3 Å². The normalized spacial score (nSPS) is 31.2. The van der Waals surface area contributed by atoms with E-state index in [9.17, 15) is 4.79 Å². The minimum atomic E-state index is -0.256. The molecule has 0 aliphatic carbocycles. The van der Waals surface area contributed by atoms with E-state index in [1.165, 1.54) is 0 Å². The first-order valence-electron chi connectivity index (χ1n) is 8.41. The Hall–Kier alpha value is -1.59. The highest BCUT2D eigenvalue weighted by atomic mass is 16.6. The first-order valence-corrected chi connectivity index (χ1v) is 8.41. The fourth-order valence-corrected chi connectivity index (χ4v) is 3.52. The maximum Gasteiger partial charge on any atom is 0.410 e. The van der Waals surface area contributed by atoms with Crippen molar-refractivity contribution in [1.82, 2.24) is 4.90 Å². The van der Waals surface area contributed by atoms with Gasteiger partial charge < -0.3 is 14.2 Å². The molecule has 0 aromatic heterocycles. The Morgan fingerprint density at radius 3 is 2.74 bits per heavy atom. The lowest BCUT2D eigenvalue weighted by atomic mass is 9.88. The van der Waals surface area contributed by atoms with E-state index in [2.05, 4.69) is 26.0 Å². The van der Waals surface area contributed by atoms with Gasteiger partial charge in [0.05, 0.1) is 38.0 Å². The van der Waals surface area contributed by atoms with Gasteiger partial charge in [-0.1, -0.05) is 44.2 Å². The molecule has 1 aromatic rings. The van der Waals surface area contributed by atoms with Crippen LogP contribution < -0.4 is 0 Å². The van der Waals surface area contributed by atoms with Crippen LogP contribution in [0.2, 0.25) is 0 Å². The summed E-state index contributed by atoms with van der Waals surface area (Å²) in [7, 11) is 0. The number of cyclic esters (lactones) is 1. The second kappa shape index (κ2) is 7.32. The van der Waals surface area contributed by atoms with E-state index in [-0.39, 0.29) is 30.3 Å². The van der Waals surface area contributed by atoms with Gasteiger partial charge in [-0.3, -0.25) is 4.90 Å². The van der Waals surface area contributed by atoms with Gasteiger partial charge in [0.1, 0.15) is 6.61 Å². The molecule has 0 radical (unpaired) electrons. The maximum atomic E-state index is 11.9. The van der Waals surface area contributed by atoms with Crippen LogP contribution in [0.3, 0.4) is 0 Å². The first kappa shape index (κ1) is 16.3. The van der Waals surface area contributed by atoms with Gasteiger partial charge >= 0.3 is 6.09 Å². The van der Waals surface area contributed by atoms with Crippen LogP contribution in [0.1, 0.15) is 25.8 Å². The van der Waals surface area contributed by atoms with Crippen molar-refractivity contribution in [1.29, 1.82) is 0 Å². The molecule has 0 spiro atoms. The van der Waals surface area contributed by atoms with Gasteiger partial charge in [-0.15, -0.1) is 0 Å². The summed E-state index contributed by atoms with van der Waals surface area (Å²) in [6.45, 7) is 6.40. The van der Waals surface area contributed by atoms with Gasteiger partial charge in [0, 0.05) is 5.92 Å². The summed E-state index contributed by atoms with van der Waals surface area (Å²) in [6, 6.07) is 10.1. The number of carbonyl (C=O) groups excluding carboxylic acids is 1. The molecule has 5 nitrogen and oxygen atoms in total. The van der Waals surface area contributed by atoms with Crippen molar-refractivity contribution >= 4 is 6.09 Å². The lowest BCUT2D eigenvalue weighted by molar-refractivity contribution is -0.152. The van der Waals surface area contributed by atoms with E-state index in [4.69, 9.17) is 14.2 Å². The van der Waals surface area contributed by atoms with Gasteiger partial charge in [0.2, 0.25) is 0 Å². The predicted molar refractivity (Wildman–Crippen MR) is 86.1 cm³/mol. The van der Waals surface area contributed by atoms with Crippen molar-refractivity contribution in [3.8, 4) is 0 Å². The highest BCUT2D eigenvalue weighted by Gasteiger charge is 2.44.